The van der Waals surface area contributed by atoms with Crippen molar-refractivity contribution in [2.75, 3.05) is 5.32 Å². The quantitative estimate of drug-likeness (QED) is 0.802. The van der Waals surface area contributed by atoms with Crippen LogP contribution in [0.2, 0.25) is 0 Å². The Labute approximate surface area is 135 Å². The van der Waals surface area contributed by atoms with E-state index in [1.165, 1.54) is 16.8 Å². The largest absolute Gasteiger partial charge is 0.478 e. The van der Waals surface area contributed by atoms with Gasteiger partial charge in [-0.2, -0.15) is 0 Å². The highest BCUT2D eigenvalue weighted by molar-refractivity contribution is 5.87. The lowest BCUT2D eigenvalue weighted by Crippen LogP contribution is -2.29. The zero-order valence-corrected chi connectivity index (χ0v) is 13.0. The molecule has 2 aliphatic rings. The second-order valence-electron chi connectivity index (χ2n) is 6.44. The highest BCUT2D eigenvalue weighted by atomic mass is 16.4. The lowest BCUT2D eigenvalue weighted by atomic mass is 9.76. The molecule has 4 rings (SSSR count). The van der Waals surface area contributed by atoms with Crippen molar-refractivity contribution in [3.63, 3.8) is 0 Å². The van der Waals surface area contributed by atoms with Gasteiger partial charge in [-0.25, -0.2) is 4.79 Å². The average molecular weight is 305 g/mol. The van der Waals surface area contributed by atoms with E-state index < -0.39 is 5.97 Å². The number of hydrogen-bond donors (Lipinski definition) is 2. The molecule has 2 aromatic carbocycles. The van der Waals surface area contributed by atoms with Crippen molar-refractivity contribution >= 4 is 11.7 Å². The van der Waals surface area contributed by atoms with Crippen LogP contribution in [0.1, 0.15) is 45.4 Å². The van der Waals surface area contributed by atoms with Crippen molar-refractivity contribution in [2.24, 2.45) is 5.92 Å². The van der Waals surface area contributed by atoms with Gasteiger partial charge >= 0.3 is 5.97 Å². The lowest BCUT2D eigenvalue weighted by Gasteiger charge is -2.38. The second kappa shape index (κ2) is 5.27. The number of rotatable bonds is 2. The summed E-state index contributed by atoms with van der Waals surface area (Å²) in [4.78, 5) is 11.1. The monoisotopic (exact) mass is 305 g/mol. The molecule has 0 saturated carbocycles. The van der Waals surface area contributed by atoms with E-state index in [-0.39, 0.29) is 6.04 Å². The minimum Gasteiger partial charge on any atom is -0.478 e. The fourth-order valence-corrected chi connectivity index (χ4v) is 3.94. The van der Waals surface area contributed by atoms with Gasteiger partial charge < -0.3 is 10.4 Å². The minimum atomic E-state index is -0.880. The van der Waals surface area contributed by atoms with Crippen LogP contribution in [0.4, 0.5) is 5.69 Å². The van der Waals surface area contributed by atoms with Crippen LogP contribution in [-0.2, 0) is 0 Å². The van der Waals surface area contributed by atoms with E-state index in [9.17, 15) is 4.79 Å². The molecule has 0 spiro atoms. The number of fused-ring (bicyclic) bond motifs is 3. The van der Waals surface area contributed by atoms with Gasteiger partial charge in [0.05, 0.1) is 11.6 Å². The number of allylic oxidation sites excluding steroid dienone is 2. The molecule has 0 aromatic heterocycles. The standard InChI is InChI=1S/C20H19NO2/c1-12-4-2-6-16-15-5-3-7-17(15)19(21-18(12)16)13-8-10-14(11-9-13)20(22)23/h2-6,8-11,15,17,19,21H,7H2,1H3,(H,22,23)/t15-,17-,19+/m1/s1. The summed E-state index contributed by atoms with van der Waals surface area (Å²) in [6.07, 6.45) is 5.64. The molecule has 23 heavy (non-hydrogen) atoms. The van der Waals surface area contributed by atoms with Crippen molar-refractivity contribution in [3.8, 4) is 0 Å². The summed E-state index contributed by atoms with van der Waals surface area (Å²) < 4.78 is 0. The molecule has 0 radical (unpaired) electrons. The van der Waals surface area contributed by atoms with Crippen molar-refractivity contribution < 1.29 is 9.90 Å². The number of aromatic carboxylic acids is 1. The molecule has 1 aliphatic carbocycles. The fraction of sp³-hybridized carbons (Fsp3) is 0.250. The maximum Gasteiger partial charge on any atom is 0.335 e. The van der Waals surface area contributed by atoms with Crippen LogP contribution in [0.5, 0.6) is 0 Å². The van der Waals surface area contributed by atoms with Gasteiger partial charge in [-0.15, -0.1) is 0 Å². The van der Waals surface area contributed by atoms with Gasteiger partial charge in [0, 0.05) is 11.6 Å². The van der Waals surface area contributed by atoms with E-state index in [2.05, 4.69) is 42.6 Å². The van der Waals surface area contributed by atoms with Crippen LogP contribution in [0.3, 0.4) is 0 Å². The SMILES string of the molecule is Cc1cccc2c1N[C@@H](c1ccc(C(=O)O)cc1)[C@@H]1CC=C[C@H]21. The van der Waals surface area contributed by atoms with E-state index in [1.807, 2.05) is 12.1 Å². The molecular weight excluding hydrogens is 286 g/mol. The molecule has 1 heterocycles. The van der Waals surface area contributed by atoms with Crippen LogP contribution in [0.25, 0.3) is 0 Å². The van der Waals surface area contributed by atoms with E-state index in [4.69, 9.17) is 5.11 Å². The van der Waals surface area contributed by atoms with E-state index in [1.54, 1.807) is 12.1 Å². The molecule has 0 fully saturated rings. The number of aryl methyl sites for hydroxylation is 1. The van der Waals surface area contributed by atoms with Crippen molar-refractivity contribution in [2.45, 2.75) is 25.3 Å². The van der Waals surface area contributed by atoms with Crippen molar-refractivity contribution in [1.82, 2.24) is 0 Å². The first-order valence-electron chi connectivity index (χ1n) is 8.01. The first kappa shape index (κ1) is 14.1. The molecule has 1 aliphatic heterocycles. The van der Waals surface area contributed by atoms with Gasteiger partial charge in [0.25, 0.3) is 0 Å². The Bertz CT molecular complexity index is 792. The Morgan fingerprint density at radius 1 is 1.17 bits per heavy atom. The first-order valence-corrected chi connectivity index (χ1v) is 8.01. The Morgan fingerprint density at radius 2 is 1.96 bits per heavy atom. The van der Waals surface area contributed by atoms with E-state index >= 15 is 0 Å². The average Bonchev–Trinajstić information content (AvgIpc) is 3.04. The molecule has 3 heteroatoms. The summed E-state index contributed by atoms with van der Waals surface area (Å²) in [7, 11) is 0. The number of hydrogen-bond acceptors (Lipinski definition) is 2. The Hall–Kier alpha value is -2.55. The number of para-hydroxylation sites is 1. The minimum absolute atomic E-state index is 0.214. The van der Waals surface area contributed by atoms with Crippen LogP contribution >= 0.6 is 0 Å². The number of carboxylic acid groups (broad SMARTS) is 1. The summed E-state index contributed by atoms with van der Waals surface area (Å²) in [6.45, 7) is 2.13. The molecule has 0 saturated heterocycles. The molecule has 116 valence electrons. The predicted molar refractivity (Wildman–Crippen MR) is 90.9 cm³/mol. The fourth-order valence-electron chi connectivity index (χ4n) is 3.94. The molecule has 3 nitrogen and oxygen atoms in total. The molecule has 3 atom stereocenters. The summed E-state index contributed by atoms with van der Waals surface area (Å²) in [5, 5.41) is 12.8. The van der Waals surface area contributed by atoms with E-state index in [0.29, 0.717) is 17.4 Å². The maximum atomic E-state index is 11.1. The summed E-state index contributed by atoms with van der Waals surface area (Å²) in [6, 6.07) is 14.0. The number of carbonyl (C=O) groups is 1. The Kier molecular flexibility index (Phi) is 3.22. The number of anilines is 1. The third-order valence-corrected chi connectivity index (χ3v) is 5.12. The smallest absolute Gasteiger partial charge is 0.335 e. The lowest BCUT2D eigenvalue weighted by molar-refractivity contribution is 0.0697. The molecular formula is C20H19NO2. The normalized spacial score (nSPS) is 24.7. The summed E-state index contributed by atoms with van der Waals surface area (Å²) >= 11 is 0. The number of benzene rings is 2. The predicted octanol–water partition coefficient (Wildman–Crippen LogP) is 4.52. The first-order chi connectivity index (χ1) is 11.1. The Morgan fingerprint density at radius 3 is 2.70 bits per heavy atom. The van der Waals surface area contributed by atoms with Crippen LogP contribution in [0.15, 0.2) is 54.6 Å². The van der Waals surface area contributed by atoms with Crippen LogP contribution < -0.4 is 5.32 Å². The Balaban J connectivity index is 1.75. The zero-order chi connectivity index (χ0) is 16.0. The molecule has 2 aromatic rings. The zero-order valence-electron chi connectivity index (χ0n) is 13.0. The van der Waals surface area contributed by atoms with E-state index in [0.717, 1.165) is 12.0 Å². The second-order valence-corrected chi connectivity index (χ2v) is 6.44. The third kappa shape index (κ3) is 2.24. The molecule has 0 bridgehead atoms. The molecule has 0 unspecified atom stereocenters. The summed E-state index contributed by atoms with van der Waals surface area (Å²) in [5.74, 6) is 0.0463. The van der Waals surface area contributed by atoms with Gasteiger partial charge in [0.2, 0.25) is 0 Å². The molecule has 2 N–H and O–H groups in total. The molecule has 0 amide bonds. The number of nitrogens with one attached hydrogen (secondary N) is 1. The van der Waals surface area contributed by atoms with Gasteiger partial charge in [0.1, 0.15) is 0 Å². The van der Waals surface area contributed by atoms with Gasteiger partial charge in [-0.3, -0.25) is 0 Å². The highest BCUT2D eigenvalue weighted by Crippen LogP contribution is 2.50. The number of carboxylic acids is 1. The van der Waals surface area contributed by atoms with Gasteiger partial charge in [-0.1, -0.05) is 42.5 Å². The van der Waals surface area contributed by atoms with Crippen molar-refractivity contribution in [3.05, 3.63) is 76.9 Å². The van der Waals surface area contributed by atoms with Gasteiger partial charge in [0.15, 0.2) is 0 Å². The topological polar surface area (TPSA) is 49.3 Å². The summed E-state index contributed by atoms with van der Waals surface area (Å²) in [5.41, 5.74) is 5.35. The van der Waals surface area contributed by atoms with Crippen LogP contribution in [0, 0.1) is 12.8 Å². The van der Waals surface area contributed by atoms with Gasteiger partial charge in [-0.05, 0) is 48.1 Å². The van der Waals surface area contributed by atoms with Crippen LogP contribution in [-0.4, -0.2) is 11.1 Å². The third-order valence-electron chi connectivity index (χ3n) is 5.12. The highest BCUT2D eigenvalue weighted by Gasteiger charge is 2.38. The maximum absolute atomic E-state index is 11.1. The van der Waals surface area contributed by atoms with Crippen molar-refractivity contribution in [1.29, 1.82) is 0 Å².